The maximum Gasteiger partial charge on any atom is 0.335 e. The lowest BCUT2D eigenvalue weighted by atomic mass is 9.99. The summed E-state index contributed by atoms with van der Waals surface area (Å²) < 4.78 is 4.63. The molecule has 0 aliphatic carbocycles. The van der Waals surface area contributed by atoms with E-state index in [2.05, 4.69) is 15.0 Å². The third-order valence-electron chi connectivity index (χ3n) is 2.95. The molecule has 0 amide bonds. The van der Waals surface area contributed by atoms with Gasteiger partial charge in [-0.05, 0) is 26.7 Å². The summed E-state index contributed by atoms with van der Waals surface area (Å²) in [7, 11) is 1.27. The van der Waals surface area contributed by atoms with E-state index in [9.17, 15) is 9.59 Å². The van der Waals surface area contributed by atoms with Crippen LogP contribution in [0.3, 0.4) is 0 Å². The minimum Gasteiger partial charge on any atom is -0.479 e. The van der Waals surface area contributed by atoms with E-state index in [0.29, 0.717) is 12.8 Å². The Morgan fingerprint density at radius 1 is 1.12 bits per heavy atom. The molecule has 6 nitrogen and oxygen atoms in total. The Kier molecular flexibility index (Phi) is 5.25. The van der Waals surface area contributed by atoms with Crippen molar-refractivity contribution in [1.29, 1.82) is 0 Å². The van der Waals surface area contributed by atoms with Crippen molar-refractivity contribution in [3.63, 3.8) is 0 Å². The fourth-order valence-electron chi connectivity index (χ4n) is 0.961. The quantitative estimate of drug-likeness (QED) is 0.572. The van der Waals surface area contributed by atoms with Crippen LogP contribution in [-0.4, -0.2) is 35.2 Å². The molecule has 0 aromatic carbocycles. The molecule has 0 heterocycles. The standard InChI is InChI=1S/C11H20N2O4/c1-6-10(3,8(14)15)12-13-11(4,7-2)9(16)17-5/h6-7H2,1-5H3,(H,14,15). The van der Waals surface area contributed by atoms with E-state index in [4.69, 9.17) is 5.11 Å². The van der Waals surface area contributed by atoms with E-state index in [1.807, 2.05) is 0 Å². The Labute approximate surface area is 101 Å². The van der Waals surface area contributed by atoms with Gasteiger partial charge in [0, 0.05) is 0 Å². The van der Waals surface area contributed by atoms with Crippen molar-refractivity contribution in [3.05, 3.63) is 0 Å². The fraction of sp³-hybridized carbons (Fsp3) is 0.818. The van der Waals surface area contributed by atoms with Crippen LogP contribution in [0.15, 0.2) is 10.2 Å². The van der Waals surface area contributed by atoms with Gasteiger partial charge in [0.2, 0.25) is 0 Å². The van der Waals surface area contributed by atoms with Gasteiger partial charge in [-0.25, -0.2) is 9.59 Å². The number of azo groups is 1. The second-order valence-electron chi connectivity index (χ2n) is 4.25. The third-order valence-corrected chi connectivity index (χ3v) is 2.95. The first kappa shape index (κ1) is 15.5. The van der Waals surface area contributed by atoms with E-state index in [0.717, 1.165) is 0 Å². The lowest BCUT2D eigenvalue weighted by Gasteiger charge is -2.22. The second kappa shape index (κ2) is 5.75. The topological polar surface area (TPSA) is 88.3 Å². The Bertz CT molecular complexity index is 329. The highest BCUT2D eigenvalue weighted by molar-refractivity contribution is 5.80. The molecule has 0 bridgehead atoms. The van der Waals surface area contributed by atoms with Gasteiger partial charge in [0.15, 0.2) is 11.1 Å². The molecular formula is C11H20N2O4. The highest BCUT2D eigenvalue weighted by Gasteiger charge is 2.36. The molecule has 0 fully saturated rings. The average Bonchev–Trinajstić information content (AvgIpc) is 2.33. The number of hydrogen-bond acceptors (Lipinski definition) is 5. The molecule has 0 aliphatic rings. The van der Waals surface area contributed by atoms with E-state index >= 15 is 0 Å². The molecule has 2 atom stereocenters. The molecule has 2 unspecified atom stereocenters. The highest BCUT2D eigenvalue weighted by Crippen LogP contribution is 2.22. The van der Waals surface area contributed by atoms with Crippen molar-refractivity contribution < 1.29 is 19.4 Å². The molecule has 0 rings (SSSR count). The van der Waals surface area contributed by atoms with Crippen molar-refractivity contribution in [2.75, 3.05) is 7.11 Å². The number of rotatable bonds is 6. The zero-order valence-electron chi connectivity index (χ0n) is 11.0. The number of esters is 1. The molecule has 0 radical (unpaired) electrons. The van der Waals surface area contributed by atoms with Gasteiger partial charge in [-0.2, -0.15) is 10.2 Å². The van der Waals surface area contributed by atoms with Crippen LogP contribution in [0.2, 0.25) is 0 Å². The van der Waals surface area contributed by atoms with Gasteiger partial charge < -0.3 is 9.84 Å². The van der Waals surface area contributed by atoms with Gasteiger partial charge in [-0.1, -0.05) is 13.8 Å². The van der Waals surface area contributed by atoms with Gasteiger partial charge in [-0.3, -0.25) is 0 Å². The highest BCUT2D eigenvalue weighted by atomic mass is 16.5. The SMILES string of the molecule is CCC(C)(N=NC(C)(CC)C(=O)OC)C(=O)O. The lowest BCUT2D eigenvalue weighted by Crippen LogP contribution is -2.36. The molecule has 1 N–H and O–H groups in total. The van der Waals surface area contributed by atoms with E-state index in [1.54, 1.807) is 20.8 Å². The maximum absolute atomic E-state index is 11.5. The average molecular weight is 244 g/mol. The molecule has 6 heteroatoms. The minimum atomic E-state index is -1.30. The Hall–Kier alpha value is -1.46. The second-order valence-corrected chi connectivity index (χ2v) is 4.25. The number of carbonyl (C=O) groups is 2. The summed E-state index contributed by atoms with van der Waals surface area (Å²) >= 11 is 0. The van der Waals surface area contributed by atoms with Crippen LogP contribution < -0.4 is 0 Å². The molecule has 0 aromatic rings. The van der Waals surface area contributed by atoms with Crippen molar-refractivity contribution >= 4 is 11.9 Å². The number of aliphatic carboxylic acids is 1. The number of carbonyl (C=O) groups excluding carboxylic acids is 1. The fourth-order valence-corrected chi connectivity index (χ4v) is 0.961. The molecule has 0 aliphatic heterocycles. The number of hydrogen-bond donors (Lipinski definition) is 1. The summed E-state index contributed by atoms with van der Waals surface area (Å²) in [5.74, 6) is -1.58. The number of methoxy groups -OCH3 is 1. The zero-order valence-corrected chi connectivity index (χ0v) is 11.0. The molecular weight excluding hydrogens is 224 g/mol. The number of carboxylic acid groups (broad SMARTS) is 1. The van der Waals surface area contributed by atoms with Crippen molar-refractivity contribution in [2.24, 2.45) is 10.2 Å². The summed E-state index contributed by atoms with van der Waals surface area (Å²) in [4.78, 5) is 22.5. The van der Waals surface area contributed by atoms with Gasteiger partial charge >= 0.3 is 11.9 Å². The summed E-state index contributed by atoms with van der Waals surface area (Å²) in [5.41, 5.74) is -2.43. The van der Waals surface area contributed by atoms with Gasteiger partial charge in [0.05, 0.1) is 7.11 Å². The minimum absolute atomic E-state index is 0.298. The molecule has 0 saturated carbocycles. The molecule has 17 heavy (non-hydrogen) atoms. The summed E-state index contributed by atoms with van der Waals surface area (Å²) in [6, 6.07) is 0. The number of carboxylic acids is 1. The first-order valence-electron chi connectivity index (χ1n) is 5.51. The summed E-state index contributed by atoms with van der Waals surface area (Å²) in [6.07, 6.45) is 0.690. The van der Waals surface area contributed by atoms with Crippen LogP contribution in [0.25, 0.3) is 0 Å². The van der Waals surface area contributed by atoms with Crippen molar-refractivity contribution in [2.45, 2.75) is 51.6 Å². The van der Waals surface area contributed by atoms with Crippen LogP contribution in [0.4, 0.5) is 0 Å². The van der Waals surface area contributed by atoms with E-state index in [-0.39, 0.29) is 0 Å². The van der Waals surface area contributed by atoms with Crippen molar-refractivity contribution in [3.8, 4) is 0 Å². The van der Waals surface area contributed by atoms with Crippen LogP contribution >= 0.6 is 0 Å². The predicted molar refractivity (Wildman–Crippen MR) is 61.9 cm³/mol. The summed E-state index contributed by atoms with van der Waals surface area (Å²) in [5, 5.41) is 16.7. The molecule has 98 valence electrons. The maximum atomic E-state index is 11.5. The van der Waals surface area contributed by atoms with Crippen LogP contribution in [0.1, 0.15) is 40.5 Å². The van der Waals surface area contributed by atoms with Crippen LogP contribution in [-0.2, 0) is 14.3 Å². The normalized spacial score (nSPS) is 18.4. The Balaban J connectivity index is 5.13. The predicted octanol–water partition coefficient (Wildman–Crippen LogP) is 2.03. The molecule has 0 aromatic heterocycles. The Morgan fingerprint density at radius 3 is 1.82 bits per heavy atom. The van der Waals surface area contributed by atoms with Crippen LogP contribution in [0.5, 0.6) is 0 Å². The molecule has 0 saturated heterocycles. The van der Waals surface area contributed by atoms with E-state index in [1.165, 1.54) is 14.0 Å². The van der Waals surface area contributed by atoms with Gasteiger partial charge in [-0.15, -0.1) is 0 Å². The zero-order chi connectivity index (χ0) is 13.7. The van der Waals surface area contributed by atoms with Crippen LogP contribution in [0, 0.1) is 0 Å². The largest absolute Gasteiger partial charge is 0.479 e. The molecule has 0 spiro atoms. The lowest BCUT2D eigenvalue weighted by molar-refractivity contribution is -0.147. The number of nitrogens with zero attached hydrogens (tertiary/aromatic N) is 2. The monoisotopic (exact) mass is 244 g/mol. The smallest absolute Gasteiger partial charge is 0.335 e. The first-order chi connectivity index (χ1) is 7.75. The third kappa shape index (κ3) is 3.51. The first-order valence-corrected chi connectivity index (χ1v) is 5.51. The number of ether oxygens (including phenoxy) is 1. The van der Waals surface area contributed by atoms with Crippen molar-refractivity contribution in [1.82, 2.24) is 0 Å². The van der Waals surface area contributed by atoms with Gasteiger partial charge in [0.1, 0.15) is 0 Å². The Morgan fingerprint density at radius 2 is 1.53 bits per heavy atom. The van der Waals surface area contributed by atoms with E-state index < -0.39 is 23.0 Å². The summed E-state index contributed by atoms with van der Waals surface area (Å²) in [6.45, 7) is 6.50. The van der Waals surface area contributed by atoms with Gasteiger partial charge in [0.25, 0.3) is 0 Å².